The molecule has 0 N–H and O–H groups in total. The van der Waals surface area contributed by atoms with Crippen LogP contribution in [0.15, 0.2) is 30.3 Å². The molecule has 0 saturated carbocycles. The molecule has 1 aliphatic heterocycles. The first-order valence-corrected chi connectivity index (χ1v) is 4.60. The SMILES string of the molecule is COC(=O)C1C(c2ccccc2)N1C. The standard InChI is InChI=1S/C11H13NO2/c1-12-9(10(12)11(13)14-2)8-6-4-3-5-7-8/h3-7,9-10H,1-2H3. The first-order valence-electron chi connectivity index (χ1n) is 4.60. The summed E-state index contributed by atoms with van der Waals surface area (Å²) in [5, 5.41) is 0. The maximum atomic E-state index is 11.3. The molecule has 0 radical (unpaired) electrons. The van der Waals surface area contributed by atoms with Gasteiger partial charge in [0.05, 0.1) is 13.2 Å². The minimum Gasteiger partial charge on any atom is -0.468 e. The Morgan fingerprint density at radius 3 is 2.57 bits per heavy atom. The van der Waals surface area contributed by atoms with Gasteiger partial charge in [0.15, 0.2) is 0 Å². The maximum Gasteiger partial charge on any atom is 0.325 e. The molecule has 2 rings (SSSR count). The van der Waals surface area contributed by atoms with E-state index in [0.29, 0.717) is 0 Å². The fourth-order valence-electron chi connectivity index (χ4n) is 1.82. The summed E-state index contributed by atoms with van der Waals surface area (Å²) in [6, 6.07) is 10.1. The van der Waals surface area contributed by atoms with Crippen molar-refractivity contribution in [3.63, 3.8) is 0 Å². The van der Waals surface area contributed by atoms with Gasteiger partial charge in [-0.2, -0.15) is 0 Å². The van der Waals surface area contributed by atoms with Gasteiger partial charge < -0.3 is 4.74 Å². The van der Waals surface area contributed by atoms with Crippen LogP contribution in [-0.2, 0) is 9.53 Å². The third kappa shape index (κ3) is 1.40. The third-order valence-electron chi connectivity index (χ3n) is 2.67. The summed E-state index contributed by atoms with van der Waals surface area (Å²) < 4.78 is 4.72. The zero-order valence-electron chi connectivity index (χ0n) is 8.31. The minimum atomic E-state index is -0.152. The van der Waals surface area contributed by atoms with Crippen LogP contribution in [0.3, 0.4) is 0 Å². The van der Waals surface area contributed by atoms with E-state index in [4.69, 9.17) is 4.74 Å². The number of esters is 1. The molecule has 0 amide bonds. The summed E-state index contributed by atoms with van der Waals surface area (Å²) in [6.07, 6.45) is 0. The molecule has 0 aromatic heterocycles. The number of nitrogens with zero attached hydrogens (tertiary/aromatic N) is 1. The highest BCUT2D eigenvalue weighted by molar-refractivity contribution is 5.80. The molecule has 3 heteroatoms. The van der Waals surface area contributed by atoms with Crippen molar-refractivity contribution in [1.29, 1.82) is 0 Å². The monoisotopic (exact) mass is 191 g/mol. The molecule has 1 aromatic carbocycles. The Bertz CT molecular complexity index is 336. The van der Waals surface area contributed by atoms with Crippen LogP contribution in [0.25, 0.3) is 0 Å². The maximum absolute atomic E-state index is 11.3. The Balaban J connectivity index is 2.13. The number of likely N-dealkylation sites (N-methyl/N-ethyl adjacent to an activating group) is 1. The lowest BCUT2D eigenvalue weighted by Crippen LogP contribution is -2.12. The van der Waals surface area contributed by atoms with E-state index in [9.17, 15) is 4.79 Å². The van der Waals surface area contributed by atoms with Crippen LogP contribution in [0, 0.1) is 0 Å². The van der Waals surface area contributed by atoms with E-state index in [1.807, 2.05) is 42.3 Å². The summed E-state index contributed by atoms with van der Waals surface area (Å²) in [4.78, 5) is 13.3. The van der Waals surface area contributed by atoms with Crippen LogP contribution in [0.2, 0.25) is 0 Å². The molecular formula is C11H13NO2. The smallest absolute Gasteiger partial charge is 0.325 e. The molecule has 0 aliphatic carbocycles. The number of hydrogen-bond donors (Lipinski definition) is 0. The molecule has 74 valence electrons. The molecule has 3 nitrogen and oxygen atoms in total. The molecule has 3 atom stereocenters. The summed E-state index contributed by atoms with van der Waals surface area (Å²) >= 11 is 0. The van der Waals surface area contributed by atoms with Gasteiger partial charge >= 0.3 is 5.97 Å². The van der Waals surface area contributed by atoms with Gasteiger partial charge in [0.2, 0.25) is 0 Å². The Kier molecular flexibility index (Phi) is 2.25. The molecular weight excluding hydrogens is 178 g/mol. The van der Waals surface area contributed by atoms with Gasteiger partial charge in [-0.15, -0.1) is 0 Å². The average Bonchev–Trinajstić information content (AvgIpc) is 2.90. The summed E-state index contributed by atoms with van der Waals surface area (Å²) in [6.45, 7) is 0. The Morgan fingerprint density at radius 1 is 1.36 bits per heavy atom. The number of methoxy groups -OCH3 is 1. The second-order valence-corrected chi connectivity index (χ2v) is 3.49. The Morgan fingerprint density at radius 2 is 2.00 bits per heavy atom. The first-order chi connectivity index (χ1) is 6.75. The van der Waals surface area contributed by atoms with Crippen LogP contribution in [-0.4, -0.2) is 31.1 Å². The van der Waals surface area contributed by atoms with Gasteiger partial charge in [-0.1, -0.05) is 30.3 Å². The zero-order valence-corrected chi connectivity index (χ0v) is 8.31. The molecule has 1 aromatic rings. The van der Waals surface area contributed by atoms with Gasteiger partial charge in [0, 0.05) is 0 Å². The summed E-state index contributed by atoms with van der Waals surface area (Å²) in [5.74, 6) is -0.152. The molecule has 14 heavy (non-hydrogen) atoms. The predicted octanol–water partition coefficient (Wildman–Crippen LogP) is 1.21. The van der Waals surface area contributed by atoms with Crippen molar-refractivity contribution in [2.75, 3.05) is 14.2 Å². The van der Waals surface area contributed by atoms with Gasteiger partial charge in [0.25, 0.3) is 0 Å². The van der Waals surface area contributed by atoms with Crippen molar-refractivity contribution in [3.8, 4) is 0 Å². The van der Waals surface area contributed by atoms with Crippen LogP contribution in [0.5, 0.6) is 0 Å². The third-order valence-corrected chi connectivity index (χ3v) is 2.67. The summed E-state index contributed by atoms with van der Waals surface area (Å²) in [5.41, 5.74) is 1.17. The zero-order chi connectivity index (χ0) is 10.1. The number of rotatable bonds is 2. The van der Waals surface area contributed by atoms with E-state index < -0.39 is 0 Å². The lowest BCUT2D eigenvalue weighted by molar-refractivity contribution is -0.140. The van der Waals surface area contributed by atoms with Crippen LogP contribution in [0.4, 0.5) is 0 Å². The van der Waals surface area contributed by atoms with Crippen LogP contribution >= 0.6 is 0 Å². The Labute approximate surface area is 83.3 Å². The van der Waals surface area contributed by atoms with E-state index in [2.05, 4.69) is 0 Å². The molecule has 1 heterocycles. The number of ether oxygens (including phenoxy) is 1. The van der Waals surface area contributed by atoms with Crippen LogP contribution < -0.4 is 0 Å². The second-order valence-electron chi connectivity index (χ2n) is 3.49. The van der Waals surface area contributed by atoms with E-state index in [1.54, 1.807) is 0 Å². The van der Waals surface area contributed by atoms with E-state index in [-0.39, 0.29) is 18.1 Å². The average molecular weight is 191 g/mol. The van der Waals surface area contributed by atoms with Crippen molar-refractivity contribution < 1.29 is 9.53 Å². The van der Waals surface area contributed by atoms with Gasteiger partial charge in [-0.05, 0) is 12.6 Å². The van der Waals surface area contributed by atoms with Crippen molar-refractivity contribution in [2.45, 2.75) is 12.1 Å². The molecule has 1 fully saturated rings. The quantitative estimate of drug-likeness (QED) is 0.520. The Hall–Kier alpha value is -1.35. The summed E-state index contributed by atoms with van der Waals surface area (Å²) in [7, 11) is 3.36. The van der Waals surface area contributed by atoms with Gasteiger partial charge in [-0.25, -0.2) is 0 Å². The molecule has 1 aliphatic rings. The number of carbonyl (C=O) groups excluding carboxylic acids is 1. The number of hydrogen-bond acceptors (Lipinski definition) is 3. The van der Waals surface area contributed by atoms with Crippen LogP contribution in [0.1, 0.15) is 11.6 Å². The fourth-order valence-corrected chi connectivity index (χ4v) is 1.82. The molecule has 0 spiro atoms. The van der Waals surface area contributed by atoms with E-state index in [0.717, 1.165) is 0 Å². The second kappa shape index (κ2) is 3.42. The van der Waals surface area contributed by atoms with Crippen molar-refractivity contribution in [1.82, 2.24) is 4.90 Å². The number of benzene rings is 1. The van der Waals surface area contributed by atoms with E-state index in [1.165, 1.54) is 12.7 Å². The van der Waals surface area contributed by atoms with E-state index >= 15 is 0 Å². The normalized spacial score (nSPS) is 29.7. The predicted molar refractivity (Wildman–Crippen MR) is 52.8 cm³/mol. The van der Waals surface area contributed by atoms with Crippen molar-refractivity contribution in [3.05, 3.63) is 35.9 Å². The van der Waals surface area contributed by atoms with Crippen molar-refractivity contribution >= 4 is 5.97 Å². The topological polar surface area (TPSA) is 29.3 Å². The highest BCUT2D eigenvalue weighted by atomic mass is 16.5. The number of carbonyl (C=O) groups is 1. The first kappa shape index (κ1) is 9.21. The van der Waals surface area contributed by atoms with Gasteiger partial charge in [-0.3, -0.25) is 9.69 Å². The highest BCUT2D eigenvalue weighted by Crippen LogP contribution is 2.41. The lowest BCUT2D eigenvalue weighted by Gasteiger charge is -1.96. The molecule has 3 unspecified atom stereocenters. The molecule has 0 bridgehead atoms. The fraction of sp³-hybridized carbons (Fsp3) is 0.364. The molecule has 1 saturated heterocycles. The van der Waals surface area contributed by atoms with Crippen molar-refractivity contribution in [2.24, 2.45) is 0 Å². The minimum absolute atomic E-state index is 0.0950. The van der Waals surface area contributed by atoms with Gasteiger partial charge in [0.1, 0.15) is 6.04 Å². The largest absolute Gasteiger partial charge is 0.468 e. The highest BCUT2D eigenvalue weighted by Gasteiger charge is 2.51. The lowest BCUT2D eigenvalue weighted by atomic mass is 10.1.